The maximum atomic E-state index is 14.5. The molecule has 1 fully saturated rings. The zero-order valence-electron chi connectivity index (χ0n) is 22.5. The molecule has 1 aliphatic rings. The van der Waals surface area contributed by atoms with Crippen LogP contribution in [-0.4, -0.2) is 51.4 Å². The van der Waals surface area contributed by atoms with Gasteiger partial charge in [0.15, 0.2) is 5.82 Å². The molecular formula is C31H26F3N5O3. The van der Waals surface area contributed by atoms with E-state index >= 15 is 0 Å². The number of H-pyrrole nitrogens is 1. The first-order chi connectivity index (χ1) is 20.2. The second-order valence-corrected chi connectivity index (χ2v) is 10.5. The Bertz CT molecular complexity index is 1770. The van der Waals surface area contributed by atoms with Gasteiger partial charge in [0.2, 0.25) is 0 Å². The van der Waals surface area contributed by atoms with E-state index in [4.69, 9.17) is 4.74 Å². The molecule has 3 N–H and O–H groups in total. The molecule has 6 rings (SSSR count). The molecular weight excluding hydrogens is 547 g/mol. The quantitative estimate of drug-likeness (QED) is 0.238. The monoisotopic (exact) mass is 573 g/mol. The number of carbonyl (C=O) groups excluding carboxylic acids is 1. The first-order valence-electron chi connectivity index (χ1n) is 13.2. The number of alkyl carbamates (subject to hydrolysis) is 1. The molecule has 214 valence electrons. The van der Waals surface area contributed by atoms with Gasteiger partial charge in [-0.3, -0.25) is 4.98 Å². The van der Waals surface area contributed by atoms with Crippen LogP contribution in [0.15, 0.2) is 73.1 Å². The lowest BCUT2D eigenvalue weighted by Crippen LogP contribution is -2.66. The molecule has 0 spiro atoms. The van der Waals surface area contributed by atoms with E-state index in [1.807, 2.05) is 35.2 Å². The zero-order chi connectivity index (χ0) is 29.4. The second-order valence-electron chi connectivity index (χ2n) is 10.5. The van der Waals surface area contributed by atoms with E-state index in [-0.39, 0.29) is 43.1 Å². The van der Waals surface area contributed by atoms with Crippen molar-refractivity contribution in [2.75, 3.05) is 24.5 Å². The van der Waals surface area contributed by atoms with Crippen LogP contribution in [0.4, 0.5) is 23.7 Å². The summed E-state index contributed by atoms with van der Waals surface area (Å²) in [6, 6.07) is 15.7. The molecule has 5 aromatic rings. The number of ether oxygens (including phenoxy) is 1. The van der Waals surface area contributed by atoms with Crippen LogP contribution in [0.2, 0.25) is 0 Å². The fourth-order valence-electron chi connectivity index (χ4n) is 5.19. The van der Waals surface area contributed by atoms with E-state index in [2.05, 4.69) is 20.3 Å². The number of nitrogens with one attached hydrogen (secondary N) is 2. The van der Waals surface area contributed by atoms with Gasteiger partial charge >= 0.3 is 6.09 Å². The van der Waals surface area contributed by atoms with Crippen molar-refractivity contribution in [3.8, 4) is 22.5 Å². The van der Waals surface area contributed by atoms with E-state index in [0.717, 1.165) is 17.7 Å². The molecule has 3 aromatic carbocycles. The van der Waals surface area contributed by atoms with Gasteiger partial charge in [-0.15, -0.1) is 0 Å². The molecule has 11 heteroatoms. The number of fused-ring (bicyclic) bond motifs is 1. The van der Waals surface area contributed by atoms with Crippen LogP contribution in [0, 0.1) is 24.4 Å². The number of nitrogens with zero attached hydrogens (tertiary/aromatic N) is 3. The number of hydrogen-bond donors (Lipinski definition) is 3. The molecule has 8 nitrogen and oxygen atoms in total. The fraction of sp³-hybridized carbons (Fsp3) is 0.194. The van der Waals surface area contributed by atoms with Crippen LogP contribution in [0.1, 0.15) is 11.1 Å². The van der Waals surface area contributed by atoms with Crippen molar-refractivity contribution in [3.63, 3.8) is 0 Å². The minimum atomic E-state index is -1.29. The van der Waals surface area contributed by atoms with Gasteiger partial charge in [-0.2, -0.15) is 0 Å². The molecule has 1 saturated heterocycles. The standard InChI is InChI=1S/C31H26F3N5O3/c1-18-7-20(9-21(32)8-18)23-12-35-13-24(29-37-26-11-22(33)10-25(34)27(26)38-29)28(23)39-16-31(41,17-39)15-36-30(40)42-14-19-5-3-2-4-6-19/h2-13,41H,14-17H2,1H3,(H,36,40)(H,37,38). The van der Waals surface area contributed by atoms with Gasteiger partial charge in [-0.25, -0.2) is 22.9 Å². The molecule has 42 heavy (non-hydrogen) atoms. The summed E-state index contributed by atoms with van der Waals surface area (Å²) in [5, 5.41) is 13.8. The number of carbonyl (C=O) groups is 1. The van der Waals surface area contributed by atoms with Gasteiger partial charge < -0.3 is 25.0 Å². The molecule has 2 aromatic heterocycles. The van der Waals surface area contributed by atoms with Gasteiger partial charge in [0, 0.05) is 24.0 Å². The third-order valence-corrected chi connectivity index (χ3v) is 7.09. The minimum Gasteiger partial charge on any atom is -0.445 e. The lowest BCUT2D eigenvalue weighted by Gasteiger charge is -2.48. The van der Waals surface area contributed by atoms with E-state index in [9.17, 15) is 23.1 Å². The average molecular weight is 574 g/mol. The van der Waals surface area contributed by atoms with Crippen LogP contribution in [0.25, 0.3) is 33.5 Å². The molecule has 0 atom stereocenters. The lowest BCUT2D eigenvalue weighted by molar-refractivity contribution is 0.0118. The number of aromatic amines is 1. The highest BCUT2D eigenvalue weighted by atomic mass is 19.1. The van der Waals surface area contributed by atoms with Crippen molar-refractivity contribution >= 4 is 22.8 Å². The Balaban J connectivity index is 1.28. The molecule has 1 amide bonds. The summed E-state index contributed by atoms with van der Waals surface area (Å²) in [4.78, 5) is 25.8. The Morgan fingerprint density at radius 1 is 1.05 bits per heavy atom. The zero-order valence-corrected chi connectivity index (χ0v) is 22.5. The van der Waals surface area contributed by atoms with Crippen LogP contribution in [0.5, 0.6) is 0 Å². The van der Waals surface area contributed by atoms with Gasteiger partial charge in [-0.05, 0) is 41.8 Å². The molecule has 0 aliphatic carbocycles. The van der Waals surface area contributed by atoms with E-state index in [1.165, 1.54) is 18.3 Å². The van der Waals surface area contributed by atoms with Crippen molar-refractivity contribution in [1.29, 1.82) is 0 Å². The average Bonchev–Trinajstić information content (AvgIpc) is 3.37. The maximum absolute atomic E-state index is 14.5. The van der Waals surface area contributed by atoms with Crippen molar-refractivity contribution < 1.29 is 27.8 Å². The minimum absolute atomic E-state index is 0.0392. The molecule has 3 heterocycles. The van der Waals surface area contributed by atoms with Crippen LogP contribution < -0.4 is 10.2 Å². The van der Waals surface area contributed by atoms with Gasteiger partial charge in [0.25, 0.3) is 0 Å². The SMILES string of the molecule is Cc1cc(F)cc(-c2cncc(-c3nc4c(F)cc(F)cc4[nH]3)c2N2CC(O)(CNC(=O)OCc3ccccc3)C2)c1. The Morgan fingerprint density at radius 2 is 1.79 bits per heavy atom. The number of pyridine rings is 1. The second kappa shape index (κ2) is 10.8. The highest BCUT2D eigenvalue weighted by Crippen LogP contribution is 2.42. The first-order valence-corrected chi connectivity index (χ1v) is 13.2. The Labute approximate surface area is 238 Å². The number of halogens is 3. The predicted octanol–water partition coefficient (Wildman–Crippen LogP) is 5.50. The molecule has 0 bridgehead atoms. The number of amides is 1. The predicted molar refractivity (Wildman–Crippen MR) is 151 cm³/mol. The first kappa shape index (κ1) is 27.3. The summed E-state index contributed by atoms with van der Waals surface area (Å²) in [5.41, 5.74) is 2.48. The van der Waals surface area contributed by atoms with Gasteiger partial charge in [0.1, 0.15) is 35.2 Å². The summed E-state index contributed by atoms with van der Waals surface area (Å²) in [6.07, 6.45) is 2.43. The Morgan fingerprint density at radius 3 is 2.55 bits per heavy atom. The number of rotatable bonds is 7. The topological polar surface area (TPSA) is 103 Å². The highest BCUT2D eigenvalue weighted by molar-refractivity contribution is 5.91. The Kier molecular flexibility index (Phi) is 7.03. The summed E-state index contributed by atoms with van der Waals surface area (Å²) in [7, 11) is 0. The summed E-state index contributed by atoms with van der Waals surface area (Å²) in [6.45, 7) is 2.00. The molecule has 0 saturated carbocycles. The van der Waals surface area contributed by atoms with Crippen molar-refractivity contribution in [3.05, 3.63) is 102 Å². The number of hydrogen-bond acceptors (Lipinski definition) is 6. The number of aryl methyl sites for hydroxylation is 1. The van der Waals surface area contributed by atoms with E-state index in [1.54, 1.807) is 19.2 Å². The van der Waals surface area contributed by atoms with Crippen molar-refractivity contribution in [2.45, 2.75) is 19.1 Å². The largest absolute Gasteiger partial charge is 0.445 e. The van der Waals surface area contributed by atoms with Gasteiger partial charge in [-0.1, -0.05) is 36.4 Å². The van der Waals surface area contributed by atoms with E-state index < -0.39 is 29.1 Å². The lowest BCUT2D eigenvalue weighted by atomic mass is 9.90. The van der Waals surface area contributed by atoms with Crippen LogP contribution in [0.3, 0.4) is 0 Å². The number of imidazole rings is 1. The number of aliphatic hydroxyl groups is 1. The molecule has 0 unspecified atom stereocenters. The number of benzene rings is 3. The van der Waals surface area contributed by atoms with Crippen LogP contribution >= 0.6 is 0 Å². The third kappa shape index (κ3) is 5.51. The normalized spacial score (nSPS) is 14.1. The molecule has 0 radical (unpaired) electrons. The van der Waals surface area contributed by atoms with E-state index in [0.29, 0.717) is 27.9 Å². The maximum Gasteiger partial charge on any atom is 0.407 e. The number of β-amino-alcohol motifs (C(OH)–C–C–N with tert-alkyl or cyclic N) is 1. The Hall–Kier alpha value is -4.90. The summed E-state index contributed by atoms with van der Waals surface area (Å²) in [5.74, 6) is -1.77. The number of anilines is 1. The van der Waals surface area contributed by atoms with Gasteiger partial charge in [0.05, 0.1) is 36.4 Å². The van der Waals surface area contributed by atoms with Crippen molar-refractivity contribution in [2.24, 2.45) is 0 Å². The fourth-order valence-corrected chi connectivity index (χ4v) is 5.19. The summed E-state index contributed by atoms with van der Waals surface area (Å²) >= 11 is 0. The number of aromatic nitrogens is 3. The van der Waals surface area contributed by atoms with Crippen LogP contribution in [-0.2, 0) is 11.3 Å². The summed E-state index contributed by atoms with van der Waals surface area (Å²) < 4.78 is 48.0. The van der Waals surface area contributed by atoms with Crippen molar-refractivity contribution in [1.82, 2.24) is 20.3 Å². The third-order valence-electron chi connectivity index (χ3n) is 7.09. The highest BCUT2D eigenvalue weighted by Gasteiger charge is 2.43. The molecule has 1 aliphatic heterocycles. The smallest absolute Gasteiger partial charge is 0.407 e.